The number of nitrogens with one attached hydrogen (secondary N) is 1. The lowest BCUT2D eigenvalue weighted by atomic mass is 10.2. The smallest absolute Gasteiger partial charge is 0.267 e. The number of hydrogen-bond donors (Lipinski definition) is 1. The van der Waals surface area contributed by atoms with Crippen LogP contribution in [0.4, 0.5) is 5.69 Å². The Kier molecular flexibility index (Phi) is 5.72. The highest BCUT2D eigenvalue weighted by molar-refractivity contribution is 9.10. The lowest BCUT2D eigenvalue weighted by Crippen LogP contribution is -2.26. The second-order valence-electron chi connectivity index (χ2n) is 4.89. The molecule has 2 rings (SSSR count). The number of anilines is 1. The van der Waals surface area contributed by atoms with Gasteiger partial charge in [0.1, 0.15) is 0 Å². The van der Waals surface area contributed by atoms with Crippen molar-refractivity contribution in [1.82, 2.24) is 0 Å². The molecule has 22 heavy (non-hydrogen) atoms. The normalized spacial score (nSPS) is 12.1. The summed E-state index contributed by atoms with van der Waals surface area (Å²) in [4.78, 5) is 17.2. The first-order chi connectivity index (χ1) is 10.5. The number of rotatable bonds is 5. The highest BCUT2D eigenvalue weighted by Gasteiger charge is 2.14. The van der Waals surface area contributed by atoms with Crippen LogP contribution in [0.3, 0.4) is 0 Å². The number of benzene rings is 2. The minimum Gasteiger partial charge on any atom is -0.383 e. The van der Waals surface area contributed by atoms with E-state index in [9.17, 15) is 4.79 Å². The molecule has 5 heteroatoms. The SMILES string of the molecule is Cc1cccc(NC(=O)[C@@H](C)O/N=C\c2ccc(Br)cc2)c1. The Morgan fingerprint density at radius 2 is 2.00 bits per heavy atom. The van der Waals surface area contributed by atoms with E-state index in [2.05, 4.69) is 26.4 Å². The molecule has 0 unspecified atom stereocenters. The van der Waals surface area contributed by atoms with Gasteiger partial charge in [-0.25, -0.2) is 0 Å². The van der Waals surface area contributed by atoms with Crippen LogP contribution in [0, 0.1) is 6.92 Å². The number of oxime groups is 1. The summed E-state index contributed by atoms with van der Waals surface area (Å²) in [7, 11) is 0. The van der Waals surface area contributed by atoms with Crippen LogP contribution in [0.2, 0.25) is 0 Å². The second-order valence-corrected chi connectivity index (χ2v) is 5.81. The van der Waals surface area contributed by atoms with E-state index in [1.807, 2.05) is 55.5 Å². The van der Waals surface area contributed by atoms with Gasteiger partial charge in [0.25, 0.3) is 5.91 Å². The molecule has 1 amide bonds. The van der Waals surface area contributed by atoms with Crippen LogP contribution in [-0.4, -0.2) is 18.2 Å². The van der Waals surface area contributed by atoms with Crippen molar-refractivity contribution in [2.45, 2.75) is 20.0 Å². The molecular formula is C17H17BrN2O2. The van der Waals surface area contributed by atoms with Crippen LogP contribution in [0.1, 0.15) is 18.1 Å². The molecule has 0 heterocycles. The van der Waals surface area contributed by atoms with Gasteiger partial charge in [0.05, 0.1) is 6.21 Å². The average Bonchev–Trinajstić information content (AvgIpc) is 2.49. The number of halogens is 1. The Hall–Kier alpha value is -2.14. The summed E-state index contributed by atoms with van der Waals surface area (Å²) in [6, 6.07) is 15.2. The molecule has 0 saturated carbocycles. The van der Waals surface area contributed by atoms with E-state index in [0.717, 1.165) is 21.3 Å². The van der Waals surface area contributed by atoms with E-state index >= 15 is 0 Å². The van der Waals surface area contributed by atoms with Crippen molar-refractivity contribution >= 4 is 33.7 Å². The van der Waals surface area contributed by atoms with Gasteiger partial charge in [-0.1, -0.05) is 45.4 Å². The monoisotopic (exact) mass is 360 g/mol. The van der Waals surface area contributed by atoms with Crippen LogP contribution in [0.5, 0.6) is 0 Å². The van der Waals surface area contributed by atoms with Crippen LogP contribution in [0.25, 0.3) is 0 Å². The second kappa shape index (κ2) is 7.75. The molecule has 2 aromatic rings. The molecule has 0 radical (unpaired) electrons. The minimum absolute atomic E-state index is 0.237. The van der Waals surface area contributed by atoms with E-state index in [-0.39, 0.29) is 5.91 Å². The summed E-state index contributed by atoms with van der Waals surface area (Å²) < 4.78 is 0.997. The summed E-state index contributed by atoms with van der Waals surface area (Å²) in [5.41, 5.74) is 2.73. The molecule has 0 aliphatic carbocycles. The van der Waals surface area contributed by atoms with E-state index in [1.165, 1.54) is 0 Å². The van der Waals surface area contributed by atoms with Crippen LogP contribution < -0.4 is 5.32 Å². The molecule has 0 aliphatic heterocycles. The van der Waals surface area contributed by atoms with E-state index in [1.54, 1.807) is 13.1 Å². The maximum atomic E-state index is 12.0. The van der Waals surface area contributed by atoms with Crippen molar-refractivity contribution < 1.29 is 9.63 Å². The third kappa shape index (κ3) is 5.00. The van der Waals surface area contributed by atoms with Crippen molar-refractivity contribution in [2.24, 2.45) is 5.16 Å². The highest BCUT2D eigenvalue weighted by Crippen LogP contribution is 2.11. The molecule has 1 N–H and O–H groups in total. The third-order valence-electron chi connectivity index (χ3n) is 2.95. The van der Waals surface area contributed by atoms with Gasteiger partial charge in [-0.05, 0) is 49.2 Å². The molecule has 2 aromatic carbocycles. The van der Waals surface area contributed by atoms with Crippen LogP contribution in [-0.2, 0) is 9.63 Å². The maximum Gasteiger partial charge on any atom is 0.267 e. The number of hydrogen-bond acceptors (Lipinski definition) is 3. The largest absolute Gasteiger partial charge is 0.383 e. The predicted octanol–water partition coefficient (Wildman–Crippen LogP) is 4.14. The number of carbonyl (C=O) groups is 1. The van der Waals surface area contributed by atoms with Gasteiger partial charge in [-0.3, -0.25) is 4.79 Å². The van der Waals surface area contributed by atoms with Gasteiger partial charge >= 0.3 is 0 Å². The molecule has 4 nitrogen and oxygen atoms in total. The van der Waals surface area contributed by atoms with E-state index < -0.39 is 6.10 Å². The molecule has 1 atom stereocenters. The minimum atomic E-state index is -0.674. The molecule has 0 fully saturated rings. The zero-order valence-corrected chi connectivity index (χ0v) is 14.0. The van der Waals surface area contributed by atoms with Crippen molar-refractivity contribution in [3.63, 3.8) is 0 Å². The first-order valence-electron chi connectivity index (χ1n) is 6.87. The highest BCUT2D eigenvalue weighted by atomic mass is 79.9. The topological polar surface area (TPSA) is 50.7 Å². The molecule has 0 aromatic heterocycles. The van der Waals surface area contributed by atoms with Crippen LogP contribution in [0.15, 0.2) is 58.2 Å². The van der Waals surface area contributed by atoms with Crippen molar-refractivity contribution in [3.8, 4) is 0 Å². The van der Waals surface area contributed by atoms with Crippen LogP contribution >= 0.6 is 15.9 Å². The molecule has 114 valence electrons. The van der Waals surface area contributed by atoms with Gasteiger partial charge in [0, 0.05) is 10.2 Å². The molecule has 0 spiro atoms. The predicted molar refractivity (Wildman–Crippen MR) is 92.1 cm³/mol. The van der Waals surface area contributed by atoms with Gasteiger partial charge < -0.3 is 10.2 Å². The Morgan fingerprint density at radius 1 is 1.27 bits per heavy atom. The zero-order valence-electron chi connectivity index (χ0n) is 12.4. The van der Waals surface area contributed by atoms with Gasteiger partial charge in [0.2, 0.25) is 6.10 Å². The fourth-order valence-electron chi connectivity index (χ4n) is 1.75. The van der Waals surface area contributed by atoms with E-state index in [0.29, 0.717) is 0 Å². The Labute approximate surface area is 138 Å². The van der Waals surface area contributed by atoms with Gasteiger partial charge in [0.15, 0.2) is 0 Å². The Bertz CT molecular complexity index is 669. The molecule has 0 aliphatic rings. The fourth-order valence-corrected chi connectivity index (χ4v) is 2.01. The number of aryl methyl sites for hydroxylation is 1. The standard InChI is InChI=1S/C17H17BrN2O2/c1-12-4-3-5-16(10-12)20-17(21)13(2)22-19-11-14-6-8-15(18)9-7-14/h3-11,13H,1-2H3,(H,20,21)/b19-11-/t13-/m1/s1. The third-order valence-corrected chi connectivity index (χ3v) is 3.47. The van der Waals surface area contributed by atoms with Crippen molar-refractivity contribution in [3.05, 3.63) is 64.1 Å². The summed E-state index contributed by atoms with van der Waals surface area (Å²) in [6.45, 7) is 3.63. The number of amides is 1. The Balaban J connectivity index is 1.87. The number of nitrogens with zero attached hydrogens (tertiary/aromatic N) is 1. The summed E-state index contributed by atoms with van der Waals surface area (Å²) in [5, 5.41) is 6.64. The lowest BCUT2D eigenvalue weighted by Gasteiger charge is -2.10. The summed E-state index contributed by atoms with van der Waals surface area (Å²) >= 11 is 3.36. The van der Waals surface area contributed by atoms with Gasteiger partial charge in [-0.15, -0.1) is 0 Å². The van der Waals surface area contributed by atoms with E-state index in [4.69, 9.17) is 4.84 Å². The summed E-state index contributed by atoms with van der Waals surface area (Å²) in [6.07, 6.45) is 0.898. The molecule has 0 bridgehead atoms. The maximum absolute atomic E-state index is 12.0. The first-order valence-corrected chi connectivity index (χ1v) is 7.66. The van der Waals surface area contributed by atoms with Gasteiger partial charge in [-0.2, -0.15) is 0 Å². The molecule has 0 saturated heterocycles. The fraction of sp³-hybridized carbons (Fsp3) is 0.176. The summed E-state index contributed by atoms with van der Waals surface area (Å²) in [5.74, 6) is -0.237. The first kappa shape index (κ1) is 16.2. The van der Waals surface area contributed by atoms with Crippen molar-refractivity contribution in [1.29, 1.82) is 0 Å². The van der Waals surface area contributed by atoms with Crippen molar-refractivity contribution in [2.75, 3.05) is 5.32 Å². The zero-order chi connectivity index (χ0) is 15.9. The average molecular weight is 361 g/mol. The number of carbonyl (C=O) groups excluding carboxylic acids is 1. The Morgan fingerprint density at radius 3 is 2.68 bits per heavy atom. The molecular weight excluding hydrogens is 344 g/mol. The lowest BCUT2D eigenvalue weighted by molar-refractivity contribution is -0.126. The quantitative estimate of drug-likeness (QED) is 0.643.